The van der Waals surface area contributed by atoms with Gasteiger partial charge in [0.05, 0.1) is 5.71 Å². The number of carbonyl (C=O) groups excluding carboxylic acids is 1. The number of nitrogens with one attached hydrogen (secondary N) is 1. The molecule has 1 amide bonds. The van der Waals surface area contributed by atoms with Crippen molar-refractivity contribution in [1.29, 1.82) is 0 Å². The van der Waals surface area contributed by atoms with E-state index in [1.807, 2.05) is 0 Å². The summed E-state index contributed by atoms with van der Waals surface area (Å²) in [6.45, 7) is 9.03. The van der Waals surface area contributed by atoms with Crippen LogP contribution in [0.15, 0.2) is 23.3 Å². The number of rotatable bonds is 5. The van der Waals surface area contributed by atoms with Crippen LogP contribution >= 0.6 is 0 Å². The molecule has 0 radical (unpaired) electrons. The molecule has 2 unspecified atom stereocenters. The molecule has 2 atom stereocenters. The number of amides is 1. The van der Waals surface area contributed by atoms with Crippen molar-refractivity contribution < 1.29 is 9.53 Å². The monoisotopic (exact) mass is 369 g/mol. The maximum Gasteiger partial charge on any atom is 0.227 e. The fourth-order valence-electron chi connectivity index (χ4n) is 4.64. The van der Waals surface area contributed by atoms with Crippen LogP contribution in [0.4, 0.5) is 0 Å². The van der Waals surface area contributed by atoms with Crippen molar-refractivity contribution in [2.75, 3.05) is 13.1 Å². The van der Waals surface area contributed by atoms with Gasteiger partial charge in [0.15, 0.2) is 0 Å². The zero-order valence-electron chi connectivity index (χ0n) is 16.7. The first-order valence-electron chi connectivity index (χ1n) is 10.3. The van der Waals surface area contributed by atoms with Crippen LogP contribution in [-0.2, 0) is 11.2 Å². The minimum atomic E-state index is 0.0148. The van der Waals surface area contributed by atoms with E-state index in [0.717, 1.165) is 62.2 Å². The van der Waals surface area contributed by atoms with E-state index in [2.05, 4.69) is 54.4 Å². The standard InChI is InChI=1S/C22H31N3O2/c1-15(2)25-10-8-22(9-11-25)7-6-17-13-18(4-5-20(17)27-22)21(24-23-14-26)19-12-16(19)3/h4-5,13-16,19H,6-12H2,1-3H3,(H,23,26)/b24-21-. The Kier molecular flexibility index (Phi) is 4.97. The van der Waals surface area contributed by atoms with Gasteiger partial charge in [-0.15, -0.1) is 0 Å². The summed E-state index contributed by atoms with van der Waals surface area (Å²) in [5.74, 6) is 2.13. The zero-order valence-corrected chi connectivity index (χ0v) is 16.7. The SMILES string of the molecule is CC1CC1/C(=N\NC=O)c1ccc2c(c1)CCC1(CCN(C(C)C)CC1)O2. The highest BCUT2D eigenvalue weighted by molar-refractivity contribution is 6.04. The number of hydrogen-bond donors (Lipinski definition) is 1. The molecule has 3 aliphatic rings. The maximum absolute atomic E-state index is 10.7. The Labute approximate surface area is 162 Å². The molecule has 1 spiro atoms. The Morgan fingerprint density at radius 2 is 2.07 bits per heavy atom. The number of carbonyl (C=O) groups is 1. The first-order chi connectivity index (χ1) is 13.0. The third-order valence-corrected chi connectivity index (χ3v) is 6.67. The zero-order chi connectivity index (χ0) is 19.0. The Balaban J connectivity index is 1.51. The van der Waals surface area contributed by atoms with Crippen LogP contribution in [-0.4, -0.2) is 41.8 Å². The van der Waals surface area contributed by atoms with E-state index >= 15 is 0 Å². The Bertz CT molecular complexity index is 735. The fourth-order valence-corrected chi connectivity index (χ4v) is 4.64. The minimum absolute atomic E-state index is 0.0148. The van der Waals surface area contributed by atoms with Crippen LogP contribution in [0.1, 0.15) is 57.6 Å². The molecule has 1 N–H and O–H groups in total. The second-order valence-electron chi connectivity index (χ2n) is 8.80. The molecule has 1 aromatic carbocycles. The van der Waals surface area contributed by atoms with Gasteiger partial charge < -0.3 is 9.64 Å². The molecule has 4 rings (SSSR count). The number of ether oxygens (including phenoxy) is 1. The quantitative estimate of drug-likeness (QED) is 0.492. The number of benzene rings is 1. The van der Waals surface area contributed by atoms with E-state index in [0.29, 0.717) is 24.3 Å². The molecule has 1 saturated carbocycles. The van der Waals surface area contributed by atoms with E-state index in [1.54, 1.807) is 0 Å². The number of fused-ring (bicyclic) bond motifs is 1. The first-order valence-corrected chi connectivity index (χ1v) is 10.3. The molecule has 1 aliphatic carbocycles. The van der Waals surface area contributed by atoms with Crippen molar-refractivity contribution in [2.45, 2.75) is 64.5 Å². The summed E-state index contributed by atoms with van der Waals surface area (Å²) in [4.78, 5) is 13.2. The van der Waals surface area contributed by atoms with Gasteiger partial charge in [-0.1, -0.05) is 6.92 Å². The lowest BCUT2D eigenvalue weighted by atomic mass is 9.82. The van der Waals surface area contributed by atoms with E-state index < -0.39 is 0 Å². The smallest absolute Gasteiger partial charge is 0.227 e. The van der Waals surface area contributed by atoms with Crippen LogP contribution in [0.5, 0.6) is 5.75 Å². The topological polar surface area (TPSA) is 53.9 Å². The van der Waals surface area contributed by atoms with Gasteiger partial charge in [-0.05, 0) is 81.2 Å². The van der Waals surface area contributed by atoms with Gasteiger partial charge in [-0.3, -0.25) is 4.79 Å². The van der Waals surface area contributed by atoms with Crippen molar-refractivity contribution in [2.24, 2.45) is 16.9 Å². The Hall–Kier alpha value is -1.88. The van der Waals surface area contributed by atoms with Crippen LogP contribution < -0.4 is 10.2 Å². The molecule has 2 aliphatic heterocycles. The summed E-state index contributed by atoms with van der Waals surface area (Å²) in [7, 11) is 0. The summed E-state index contributed by atoms with van der Waals surface area (Å²) in [6.07, 6.45) is 6.15. The molecule has 5 nitrogen and oxygen atoms in total. The van der Waals surface area contributed by atoms with E-state index in [1.165, 1.54) is 5.56 Å². The molecular formula is C22H31N3O2. The van der Waals surface area contributed by atoms with Gasteiger partial charge in [-0.2, -0.15) is 5.10 Å². The molecule has 0 aromatic heterocycles. The lowest BCUT2D eigenvalue weighted by molar-refractivity contribution is -0.109. The number of piperidine rings is 1. The molecular weight excluding hydrogens is 338 g/mol. The largest absolute Gasteiger partial charge is 0.487 e. The second-order valence-corrected chi connectivity index (χ2v) is 8.80. The van der Waals surface area contributed by atoms with Gasteiger partial charge >= 0.3 is 0 Å². The minimum Gasteiger partial charge on any atom is -0.487 e. The number of nitrogens with zero attached hydrogens (tertiary/aromatic N) is 2. The average Bonchev–Trinajstić information content (AvgIpc) is 3.39. The van der Waals surface area contributed by atoms with Crippen molar-refractivity contribution in [3.63, 3.8) is 0 Å². The third-order valence-electron chi connectivity index (χ3n) is 6.67. The molecule has 5 heteroatoms. The Morgan fingerprint density at radius 1 is 1.33 bits per heavy atom. The van der Waals surface area contributed by atoms with Crippen molar-refractivity contribution >= 4 is 12.1 Å². The fraction of sp³-hybridized carbons (Fsp3) is 0.636. The number of likely N-dealkylation sites (tertiary alicyclic amines) is 1. The van der Waals surface area contributed by atoms with Gasteiger partial charge in [0.2, 0.25) is 6.41 Å². The number of hydrogen-bond acceptors (Lipinski definition) is 4. The van der Waals surface area contributed by atoms with Crippen LogP contribution in [0.2, 0.25) is 0 Å². The van der Waals surface area contributed by atoms with Crippen LogP contribution in [0.3, 0.4) is 0 Å². The molecule has 2 fully saturated rings. The van der Waals surface area contributed by atoms with E-state index in [-0.39, 0.29) is 5.60 Å². The highest BCUT2D eigenvalue weighted by Crippen LogP contribution is 2.43. The maximum atomic E-state index is 10.7. The number of hydrazone groups is 1. The predicted octanol–water partition coefficient (Wildman–Crippen LogP) is 3.36. The second kappa shape index (κ2) is 7.27. The summed E-state index contributed by atoms with van der Waals surface area (Å²) < 4.78 is 6.56. The molecule has 1 saturated heterocycles. The van der Waals surface area contributed by atoms with Gasteiger partial charge in [0.1, 0.15) is 11.4 Å². The van der Waals surface area contributed by atoms with Gasteiger partial charge in [0, 0.05) is 25.0 Å². The third kappa shape index (κ3) is 3.75. The lowest BCUT2D eigenvalue weighted by Crippen LogP contribution is -2.51. The summed E-state index contributed by atoms with van der Waals surface area (Å²) in [5, 5.41) is 4.33. The van der Waals surface area contributed by atoms with E-state index in [4.69, 9.17) is 4.74 Å². The molecule has 1 aromatic rings. The lowest BCUT2D eigenvalue weighted by Gasteiger charge is -2.45. The number of aryl methyl sites for hydroxylation is 1. The molecule has 27 heavy (non-hydrogen) atoms. The van der Waals surface area contributed by atoms with Crippen molar-refractivity contribution in [3.8, 4) is 5.75 Å². The van der Waals surface area contributed by atoms with Crippen LogP contribution in [0.25, 0.3) is 0 Å². The Morgan fingerprint density at radius 3 is 2.70 bits per heavy atom. The van der Waals surface area contributed by atoms with Gasteiger partial charge in [-0.25, -0.2) is 5.43 Å². The average molecular weight is 370 g/mol. The normalized spacial score (nSPS) is 27.2. The highest BCUT2D eigenvalue weighted by atomic mass is 16.5. The van der Waals surface area contributed by atoms with Gasteiger partial charge in [0.25, 0.3) is 0 Å². The highest BCUT2D eigenvalue weighted by Gasteiger charge is 2.41. The molecule has 0 bridgehead atoms. The van der Waals surface area contributed by atoms with Crippen molar-refractivity contribution in [3.05, 3.63) is 29.3 Å². The molecule has 2 heterocycles. The first kappa shape index (κ1) is 18.5. The van der Waals surface area contributed by atoms with E-state index in [9.17, 15) is 4.79 Å². The van der Waals surface area contributed by atoms with Crippen LogP contribution in [0, 0.1) is 11.8 Å². The summed E-state index contributed by atoms with van der Waals surface area (Å²) in [6, 6.07) is 7.06. The van der Waals surface area contributed by atoms with Crippen molar-refractivity contribution in [1.82, 2.24) is 10.3 Å². The predicted molar refractivity (Wildman–Crippen MR) is 107 cm³/mol. The molecule has 146 valence electrons. The summed E-state index contributed by atoms with van der Waals surface area (Å²) >= 11 is 0. The summed E-state index contributed by atoms with van der Waals surface area (Å²) in [5.41, 5.74) is 5.91.